The largest absolute Gasteiger partial charge is 0.311 e. The first-order chi connectivity index (χ1) is 8.51. The van der Waals surface area contributed by atoms with Crippen molar-refractivity contribution in [1.29, 1.82) is 0 Å². The Hall–Kier alpha value is -1.39. The van der Waals surface area contributed by atoms with E-state index in [4.69, 9.17) is 0 Å². The lowest BCUT2D eigenvalue weighted by Gasteiger charge is -2.24. The Labute approximate surface area is 110 Å². The minimum absolute atomic E-state index is 0.00378. The molecule has 0 aliphatic heterocycles. The SMILES string of the molecule is CNC(C)(C)c1ccc2c(c1)sc1nc(C)cn12. The molecule has 0 spiro atoms. The average Bonchev–Trinajstić information content (AvgIpc) is 2.84. The predicted molar refractivity (Wildman–Crippen MR) is 77.4 cm³/mol. The van der Waals surface area contributed by atoms with Crippen LogP contribution in [0.5, 0.6) is 0 Å². The predicted octanol–water partition coefficient (Wildman–Crippen LogP) is 3.31. The summed E-state index contributed by atoms with van der Waals surface area (Å²) in [6, 6.07) is 6.65. The van der Waals surface area contributed by atoms with Crippen LogP contribution in [0.3, 0.4) is 0 Å². The molecule has 0 aliphatic carbocycles. The van der Waals surface area contributed by atoms with Crippen molar-refractivity contribution in [3.05, 3.63) is 35.7 Å². The number of benzene rings is 1. The van der Waals surface area contributed by atoms with E-state index in [2.05, 4.69) is 52.9 Å². The molecule has 2 aromatic heterocycles. The molecule has 1 aromatic carbocycles. The molecule has 3 nitrogen and oxygen atoms in total. The zero-order valence-electron chi connectivity index (χ0n) is 11.1. The molecule has 0 fully saturated rings. The lowest BCUT2D eigenvalue weighted by atomic mass is 9.94. The molecule has 0 radical (unpaired) electrons. The van der Waals surface area contributed by atoms with Crippen LogP contribution in [-0.2, 0) is 5.54 Å². The molecule has 0 atom stereocenters. The number of aryl methyl sites for hydroxylation is 1. The zero-order chi connectivity index (χ0) is 12.9. The van der Waals surface area contributed by atoms with Crippen molar-refractivity contribution in [3.63, 3.8) is 0 Å². The Morgan fingerprint density at radius 1 is 1.33 bits per heavy atom. The van der Waals surface area contributed by atoms with Crippen molar-refractivity contribution >= 4 is 26.5 Å². The third-order valence-electron chi connectivity index (χ3n) is 3.56. The van der Waals surface area contributed by atoms with E-state index in [9.17, 15) is 0 Å². The summed E-state index contributed by atoms with van der Waals surface area (Å²) >= 11 is 1.75. The fourth-order valence-electron chi connectivity index (χ4n) is 2.15. The monoisotopic (exact) mass is 259 g/mol. The maximum absolute atomic E-state index is 4.53. The number of hydrogen-bond acceptors (Lipinski definition) is 3. The van der Waals surface area contributed by atoms with Crippen molar-refractivity contribution < 1.29 is 0 Å². The third-order valence-corrected chi connectivity index (χ3v) is 4.58. The van der Waals surface area contributed by atoms with Crippen molar-refractivity contribution in [3.8, 4) is 0 Å². The fraction of sp³-hybridized carbons (Fsp3) is 0.357. The second-order valence-corrected chi connectivity index (χ2v) is 6.20. The second-order valence-electron chi connectivity index (χ2n) is 5.19. The number of hydrogen-bond donors (Lipinski definition) is 1. The number of rotatable bonds is 2. The molecule has 94 valence electrons. The van der Waals surface area contributed by atoms with Gasteiger partial charge in [-0.1, -0.05) is 17.4 Å². The summed E-state index contributed by atoms with van der Waals surface area (Å²) in [5.41, 5.74) is 3.61. The lowest BCUT2D eigenvalue weighted by Crippen LogP contribution is -2.32. The van der Waals surface area contributed by atoms with Gasteiger partial charge in [0.25, 0.3) is 0 Å². The zero-order valence-corrected chi connectivity index (χ0v) is 11.9. The van der Waals surface area contributed by atoms with Gasteiger partial charge in [0, 0.05) is 11.7 Å². The highest BCUT2D eigenvalue weighted by atomic mass is 32.1. The van der Waals surface area contributed by atoms with Gasteiger partial charge in [-0.05, 0) is 45.5 Å². The number of aromatic nitrogens is 2. The summed E-state index contributed by atoms with van der Waals surface area (Å²) in [5, 5.41) is 3.34. The highest BCUT2D eigenvalue weighted by molar-refractivity contribution is 7.23. The summed E-state index contributed by atoms with van der Waals surface area (Å²) in [5.74, 6) is 0. The van der Waals surface area contributed by atoms with Crippen LogP contribution < -0.4 is 5.32 Å². The van der Waals surface area contributed by atoms with E-state index >= 15 is 0 Å². The van der Waals surface area contributed by atoms with E-state index in [1.54, 1.807) is 11.3 Å². The van der Waals surface area contributed by atoms with Gasteiger partial charge in [-0.2, -0.15) is 0 Å². The van der Waals surface area contributed by atoms with Gasteiger partial charge >= 0.3 is 0 Å². The highest BCUT2D eigenvalue weighted by Gasteiger charge is 2.18. The van der Waals surface area contributed by atoms with Crippen LogP contribution in [-0.4, -0.2) is 16.4 Å². The van der Waals surface area contributed by atoms with E-state index in [1.165, 1.54) is 15.8 Å². The molecular weight excluding hydrogens is 242 g/mol. The Morgan fingerprint density at radius 3 is 2.83 bits per heavy atom. The van der Waals surface area contributed by atoms with Gasteiger partial charge in [0.05, 0.1) is 15.9 Å². The van der Waals surface area contributed by atoms with Crippen LogP contribution in [0.15, 0.2) is 24.4 Å². The van der Waals surface area contributed by atoms with Crippen LogP contribution in [0.25, 0.3) is 15.2 Å². The second kappa shape index (κ2) is 3.80. The minimum atomic E-state index is -0.00378. The van der Waals surface area contributed by atoms with Gasteiger partial charge in [-0.3, -0.25) is 4.40 Å². The molecule has 0 unspecified atom stereocenters. The molecule has 3 rings (SSSR count). The van der Waals surface area contributed by atoms with Crippen LogP contribution in [0.4, 0.5) is 0 Å². The summed E-state index contributed by atoms with van der Waals surface area (Å²) in [4.78, 5) is 5.60. The molecule has 2 heterocycles. The van der Waals surface area contributed by atoms with E-state index in [1.807, 2.05) is 14.0 Å². The van der Waals surface area contributed by atoms with E-state index in [0.29, 0.717) is 0 Å². The Bertz CT molecular complexity index is 721. The minimum Gasteiger partial charge on any atom is -0.311 e. The van der Waals surface area contributed by atoms with Gasteiger partial charge in [-0.15, -0.1) is 0 Å². The van der Waals surface area contributed by atoms with E-state index in [0.717, 1.165) is 10.7 Å². The van der Waals surface area contributed by atoms with Gasteiger partial charge in [0.1, 0.15) is 0 Å². The molecule has 3 aromatic rings. The molecule has 18 heavy (non-hydrogen) atoms. The molecule has 0 aliphatic rings. The maximum Gasteiger partial charge on any atom is 0.194 e. The third kappa shape index (κ3) is 1.64. The smallest absolute Gasteiger partial charge is 0.194 e. The highest BCUT2D eigenvalue weighted by Crippen LogP contribution is 2.30. The van der Waals surface area contributed by atoms with Gasteiger partial charge in [-0.25, -0.2) is 4.98 Å². The molecular formula is C14H17N3S. The van der Waals surface area contributed by atoms with E-state index in [-0.39, 0.29) is 5.54 Å². The summed E-state index contributed by atoms with van der Waals surface area (Å²) in [6.45, 7) is 6.41. The number of nitrogens with zero attached hydrogens (tertiary/aromatic N) is 2. The van der Waals surface area contributed by atoms with Crippen molar-refractivity contribution in [2.24, 2.45) is 0 Å². The quantitative estimate of drug-likeness (QED) is 0.765. The first kappa shape index (κ1) is 11.7. The van der Waals surface area contributed by atoms with Gasteiger partial charge in [0.15, 0.2) is 4.96 Å². The number of fused-ring (bicyclic) bond motifs is 3. The van der Waals surface area contributed by atoms with Gasteiger partial charge in [0.2, 0.25) is 0 Å². The summed E-state index contributed by atoms with van der Waals surface area (Å²) in [6.07, 6.45) is 2.09. The Balaban J connectivity index is 2.24. The van der Waals surface area contributed by atoms with Crippen LogP contribution in [0, 0.1) is 6.92 Å². The Morgan fingerprint density at radius 2 is 2.11 bits per heavy atom. The summed E-state index contributed by atoms with van der Waals surface area (Å²) < 4.78 is 3.46. The van der Waals surface area contributed by atoms with E-state index < -0.39 is 0 Å². The molecule has 0 amide bonds. The van der Waals surface area contributed by atoms with Crippen LogP contribution in [0.1, 0.15) is 25.1 Å². The molecule has 0 saturated carbocycles. The standard InChI is InChI=1S/C14H17N3S/c1-9-8-17-11-6-5-10(14(2,3)15-4)7-12(11)18-13(17)16-9/h5-8,15H,1-4H3. The number of imidazole rings is 1. The first-order valence-corrected chi connectivity index (χ1v) is 6.90. The maximum atomic E-state index is 4.53. The topological polar surface area (TPSA) is 29.3 Å². The van der Waals surface area contributed by atoms with Crippen molar-refractivity contribution in [1.82, 2.24) is 14.7 Å². The number of thiazole rings is 1. The normalized spacial score (nSPS) is 12.7. The van der Waals surface area contributed by atoms with Gasteiger partial charge < -0.3 is 5.32 Å². The van der Waals surface area contributed by atoms with Crippen LogP contribution >= 0.6 is 11.3 Å². The van der Waals surface area contributed by atoms with Crippen LogP contribution in [0.2, 0.25) is 0 Å². The molecule has 1 N–H and O–H groups in total. The fourth-order valence-corrected chi connectivity index (χ4v) is 3.24. The number of nitrogens with one attached hydrogen (secondary N) is 1. The van der Waals surface area contributed by atoms with Crippen molar-refractivity contribution in [2.75, 3.05) is 7.05 Å². The summed E-state index contributed by atoms with van der Waals surface area (Å²) in [7, 11) is 1.99. The molecule has 0 saturated heterocycles. The average molecular weight is 259 g/mol. The first-order valence-electron chi connectivity index (χ1n) is 6.09. The lowest BCUT2D eigenvalue weighted by molar-refractivity contribution is 0.445. The van der Waals surface area contributed by atoms with Crippen molar-refractivity contribution in [2.45, 2.75) is 26.3 Å². The molecule has 4 heteroatoms. The molecule has 0 bridgehead atoms. The Kier molecular flexibility index (Phi) is 2.47.